The highest BCUT2D eigenvalue weighted by Gasteiger charge is 2.54. The van der Waals surface area contributed by atoms with Gasteiger partial charge in [-0.2, -0.15) is 0 Å². The third-order valence-corrected chi connectivity index (χ3v) is 6.19. The Morgan fingerprint density at radius 3 is 1.03 bits per heavy atom. The molecule has 4 aromatic carbocycles. The Hall–Kier alpha value is -3.16. The van der Waals surface area contributed by atoms with E-state index in [0.29, 0.717) is 5.92 Å². The van der Waals surface area contributed by atoms with Gasteiger partial charge in [0.25, 0.3) is 0 Å². The normalized spacial score (nSPS) is 16.4. The van der Waals surface area contributed by atoms with Crippen LogP contribution in [0, 0.1) is 35.6 Å². The maximum Gasteiger partial charge on any atom is 0.0617 e. The van der Waals surface area contributed by atoms with Gasteiger partial charge in [-0.3, -0.25) is 0 Å². The summed E-state index contributed by atoms with van der Waals surface area (Å²) in [4.78, 5) is 0. The highest BCUT2D eigenvalue weighted by molar-refractivity contribution is 5.81. The van der Waals surface area contributed by atoms with Gasteiger partial charge in [-0.15, -0.1) is 0 Å². The number of rotatable bonds is 7. The summed E-state index contributed by atoms with van der Waals surface area (Å²) < 4.78 is 0. The van der Waals surface area contributed by atoms with Gasteiger partial charge in [0.1, 0.15) is 0 Å². The van der Waals surface area contributed by atoms with Crippen molar-refractivity contribution in [1.29, 1.82) is 0 Å². The van der Waals surface area contributed by atoms with E-state index in [1.807, 2.05) is 0 Å². The van der Waals surface area contributed by atoms with E-state index in [2.05, 4.69) is 140 Å². The van der Waals surface area contributed by atoms with Crippen molar-refractivity contribution in [3.63, 3.8) is 0 Å². The zero-order valence-corrected chi connectivity index (χ0v) is 19.8. The summed E-state index contributed by atoms with van der Waals surface area (Å²) in [6.45, 7) is 5.43. The highest BCUT2D eigenvalue weighted by atomic mass is 15.0. The summed E-state index contributed by atoms with van der Waals surface area (Å²) in [5, 5.41) is 3.88. The molecule has 1 saturated carbocycles. The molecule has 0 atom stereocenters. The highest BCUT2D eigenvalue weighted by Crippen LogP contribution is 2.61. The molecule has 0 aliphatic heterocycles. The van der Waals surface area contributed by atoms with E-state index in [1.165, 1.54) is 52.0 Å². The summed E-state index contributed by atoms with van der Waals surface area (Å²) in [5.41, 5.74) is 4.92. The van der Waals surface area contributed by atoms with Crippen molar-refractivity contribution in [3.8, 4) is 0 Å². The minimum Gasteiger partial charge on any atom is -0.308 e. The van der Waals surface area contributed by atoms with Crippen LogP contribution < -0.4 is 5.32 Å². The lowest BCUT2D eigenvalue weighted by atomic mass is 9.75. The molecule has 1 N–H and O–H groups in total. The molecule has 0 unspecified atom stereocenters. The molecule has 4 aromatic rings. The maximum atomic E-state index is 3.88. The zero-order chi connectivity index (χ0) is 23.3. The molecule has 0 amide bonds. The van der Waals surface area contributed by atoms with Crippen LogP contribution in [0.15, 0.2) is 121 Å². The average Bonchev–Trinajstić information content (AvgIpc) is 3.24. The Bertz CT molecular complexity index is 1050. The van der Waals surface area contributed by atoms with Crippen LogP contribution in [0.25, 0.3) is 0 Å². The molecule has 34 heavy (non-hydrogen) atoms. The lowest BCUT2D eigenvalue weighted by Gasteiger charge is -2.27. The Labute approximate surface area is 204 Å². The molecule has 1 nitrogen and oxygen atoms in total. The second-order valence-electron chi connectivity index (χ2n) is 9.11. The average molecular weight is 441 g/mol. The molecule has 167 valence electrons. The number of hydrogen-bond acceptors (Lipinski definition) is 1. The molecule has 0 heterocycles. The van der Waals surface area contributed by atoms with Gasteiger partial charge in [0.05, 0.1) is 6.04 Å². The molecule has 0 saturated heterocycles. The topological polar surface area (TPSA) is 12.0 Å². The fourth-order valence-electron chi connectivity index (χ4n) is 4.68. The van der Waals surface area contributed by atoms with Crippen molar-refractivity contribution in [1.82, 2.24) is 5.32 Å². The lowest BCUT2D eigenvalue weighted by Crippen LogP contribution is -2.32. The first kappa shape index (κ1) is 22.6. The SMILES string of the molecule is CC(C)CN[C]1[C](c2ccccc2)[C](c2ccccc2)[C](c2ccccc2)[C]1c1ccccc1. The summed E-state index contributed by atoms with van der Waals surface area (Å²) >= 11 is 0. The lowest BCUT2D eigenvalue weighted by molar-refractivity contribution is 0.565. The first-order valence-electron chi connectivity index (χ1n) is 12.1. The summed E-state index contributed by atoms with van der Waals surface area (Å²) in [7, 11) is 0. The van der Waals surface area contributed by atoms with Crippen molar-refractivity contribution in [2.24, 2.45) is 5.92 Å². The van der Waals surface area contributed by atoms with Crippen molar-refractivity contribution in [3.05, 3.63) is 173 Å². The first-order chi connectivity index (χ1) is 16.7. The number of hydrogen-bond donors (Lipinski definition) is 1. The first-order valence-corrected chi connectivity index (χ1v) is 12.1. The van der Waals surface area contributed by atoms with Crippen LogP contribution in [0.4, 0.5) is 0 Å². The molecule has 1 aliphatic carbocycles. The minimum absolute atomic E-state index is 0.530. The monoisotopic (exact) mass is 440 g/mol. The Morgan fingerprint density at radius 1 is 0.441 bits per heavy atom. The van der Waals surface area contributed by atoms with Crippen LogP contribution in [-0.4, -0.2) is 6.54 Å². The van der Waals surface area contributed by atoms with Gasteiger partial charge in [0.15, 0.2) is 0 Å². The minimum atomic E-state index is 0.530. The van der Waals surface area contributed by atoms with Crippen LogP contribution in [0.1, 0.15) is 36.1 Å². The van der Waals surface area contributed by atoms with Gasteiger partial charge in [-0.25, -0.2) is 0 Å². The van der Waals surface area contributed by atoms with E-state index in [-0.39, 0.29) is 0 Å². The third-order valence-electron chi connectivity index (χ3n) is 6.19. The van der Waals surface area contributed by atoms with Gasteiger partial charge in [0.2, 0.25) is 0 Å². The molecular weight excluding hydrogens is 410 g/mol. The van der Waals surface area contributed by atoms with Gasteiger partial charge in [-0.1, -0.05) is 135 Å². The Kier molecular flexibility index (Phi) is 6.92. The van der Waals surface area contributed by atoms with Gasteiger partial charge in [0, 0.05) is 23.7 Å². The maximum absolute atomic E-state index is 3.88. The van der Waals surface area contributed by atoms with Crippen LogP contribution >= 0.6 is 0 Å². The van der Waals surface area contributed by atoms with Crippen LogP contribution in [0.2, 0.25) is 0 Å². The van der Waals surface area contributed by atoms with E-state index in [4.69, 9.17) is 0 Å². The van der Waals surface area contributed by atoms with Crippen LogP contribution in [0.3, 0.4) is 0 Å². The molecule has 5 radical (unpaired) electrons. The van der Waals surface area contributed by atoms with Gasteiger partial charge >= 0.3 is 0 Å². The van der Waals surface area contributed by atoms with Crippen molar-refractivity contribution >= 4 is 0 Å². The molecule has 0 aromatic heterocycles. The summed E-state index contributed by atoms with van der Waals surface area (Å²) in [5.74, 6) is 5.63. The van der Waals surface area contributed by atoms with E-state index in [9.17, 15) is 0 Å². The fourth-order valence-corrected chi connectivity index (χ4v) is 4.68. The molecule has 1 heteroatoms. The van der Waals surface area contributed by atoms with E-state index in [1.54, 1.807) is 0 Å². The smallest absolute Gasteiger partial charge is 0.0617 e. The van der Waals surface area contributed by atoms with Crippen LogP contribution in [0.5, 0.6) is 0 Å². The predicted octanol–water partition coefficient (Wildman–Crippen LogP) is 7.27. The predicted molar refractivity (Wildman–Crippen MR) is 141 cm³/mol. The summed E-state index contributed by atoms with van der Waals surface area (Å²) in [6, 6.07) is 44.5. The second-order valence-corrected chi connectivity index (χ2v) is 9.11. The molecule has 0 bridgehead atoms. The molecular formula is C33H30N. The van der Waals surface area contributed by atoms with E-state index in [0.717, 1.165) is 6.54 Å². The standard InChI is InChI=1S/C33H30N/c1-24(2)23-34-33-31(27-19-11-5-12-20-27)29(25-15-7-3-8-16-25)30(26-17-9-4-10-18-26)32(33)28-21-13-6-14-22-28/h3-22,24,34H,23H2,1-2H3. The van der Waals surface area contributed by atoms with E-state index < -0.39 is 0 Å². The summed E-state index contributed by atoms with van der Waals surface area (Å²) in [6.07, 6.45) is 0. The number of benzene rings is 4. The third kappa shape index (κ3) is 4.58. The fraction of sp³-hybridized carbons (Fsp3) is 0.121. The molecule has 5 rings (SSSR count). The molecule has 0 spiro atoms. The van der Waals surface area contributed by atoms with Crippen molar-refractivity contribution < 1.29 is 0 Å². The Balaban J connectivity index is 1.74. The quantitative estimate of drug-likeness (QED) is 0.319. The van der Waals surface area contributed by atoms with Crippen molar-refractivity contribution in [2.75, 3.05) is 6.54 Å². The van der Waals surface area contributed by atoms with Crippen molar-refractivity contribution in [2.45, 2.75) is 13.8 Å². The molecule has 1 aliphatic rings. The zero-order valence-electron chi connectivity index (χ0n) is 19.8. The Morgan fingerprint density at radius 2 is 0.735 bits per heavy atom. The number of nitrogens with one attached hydrogen (secondary N) is 1. The second kappa shape index (κ2) is 10.4. The van der Waals surface area contributed by atoms with Gasteiger partial charge < -0.3 is 5.32 Å². The van der Waals surface area contributed by atoms with Gasteiger partial charge in [-0.05, 0) is 34.7 Å². The van der Waals surface area contributed by atoms with Crippen LogP contribution in [-0.2, 0) is 0 Å². The largest absolute Gasteiger partial charge is 0.308 e. The van der Waals surface area contributed by atoms with E-state index >= 15 is 0 Å². The molecule has 1 fully saturated rings.